The molecule has 1 heterocycles. The number of ether oxygens (including phenoxy) is 1. The van der Waals surface area contributed by atoms with Crippen molar-refractivity contribution >= 4 is 18.0 Å². The van der Waals surface area contributed by atoms with Crippen LogP contribution in [-0.4, -0.2) is 38.1 Å². The lowest BCUT2D eigenvalue weighted by Crippen LogP contribution is -2.38. The Bertz CT molecular complexity index is 480. The Balaban J connectivity index is 1.99. The number of piperidine rings is 1. The number of nitrogens with zero attached hydrogens (tertiary/aromatic N) is 1. The van der Waals surface area contributed by atoms with E-state index in [0.29, 0.717) is 11.8 Å². The van der Waals surface area contributed by atoms with Gasteiger partial charge in [-0.3, -0.25) is 4.79 Å². The molecule has 1 aromatic carbocycles. The van der Waals surface area contributed by atoms with E-state index in [-0.39, 0.29) is 0 Å². The number of benzene rings is 1. The molecule has 4 heteroatoms. The molecule has 3 nitrogen and oxygen atoms in total. The highest BCUT2D eigenvalue weighted by atomic mass is 35.5. The Morgan fingerprint density at radius 3 is 3.04 bits per heavy atom. The minimum absolute atomic E-state index is 0.593. The Kier molecular flexibility index (Phi) is 7.90. The van der Waals surface area contributed by atoms with Gasteiger partial charge in [0, 0.05) is 31.8 Å². The fourth-order valence-electron chi connectivity index (χ4n) is 3.64. The molecule has 0 bridgehead atoms. The SMILES string of the molecule is COCCCCC(Cc1cccc(Cl)c1)C1CCCN(C=O)C1. The molecule has 1 aromatic rings. The van der Waals surface area contributed by atoms with E-state index < -0.39 is 0 Å². The van der Waals surface area contributed by atoms with Crippen LogP contribution in [0.5, 0.6) is 0 Å². The summed E-state index contributed by atoms with van der Waals surface area (Å²) in [6, 6.07) is 8.18. The average molecular weight is 338 g/mol. The van der Waals surface area contributed by atoms with Gasteiger partial charge in [0.05, 0.1) is 0 Å². The second-order valence-electron chi connectivity index (χ2n) is 6.59. The van der Waals surface area contributed by atoms with Crippen molar-refractivity contribution in [2.24, 2.45) is 11.8 Å². The molecule has 1 aliphatic rings. The summed E-state index contributed by atoms with van der Waals surface area (Å²) >= 11 is 6.13. The number of halogens is 1. The van der Waals surface area contributed by atoms with E-state index in [1.165, 1.54) is 24.8 Å². The molecule has 1 amide bonds. The zero-order valence-corrected chi connectivity index (χ0v) is 14.8. The third kappa shape index (κ3) is 6.15. The fourth-order valence-corrected chi connectivity index (χ4v) is 3.86. The van der Waals surface area contributed by atoms with Gasteiger partial charge in [0.1, 0.15) is 0 Å². The first kappa shape index (κ1) is 18.3. The number of rotatable bonds is 9. The molecule has 1 fully saturated rings. The lowest BCUT2D eigenvalue weighted by molar-refractivity contribution is -0.120. The van der Waals surface area contributed by atoms with Gasteiger partial charge in [-0.2, -0.15) is 0 Å². The summed E-state index contributed by atoms with van der Waals surface area (Å²) in [5, 5.41) is 0.804. The zero-order chi connectivity index (χ0) is 16.5. The highest BCUT2D eigenvalue weighted by Gasteiger charge is 2.26. The highest BCUT2D eigenvalue weighted by molar-refractivity contribution is 6.30. The maximum atomic E-state index is 11.1. The molecule has 0 saturated carbocycles. The fraction of sp³-hybridized carbons (Fsp3) is 0.632. The van der Waals surface area contributed by atoms with Gasteiger partial charge in [-0.25, -0.2) is 0 Å². The molecular formula is C19H28ClNO2. The zero-order valence-electron chi connectivity index (χ0n) is 14.0. The third-order valence-electron chi connectivity index (χ3n) is 4.87. The van der Waals surface area contributed by atoms with Crippen LogP contribution in [0.3, 0.4) is 0 Å². The Morgan fingerprint density at radius 1 is 1.43 bits per heavy atom. The third-order valence-corrected chi connectivity index (χ3v) is 5.10. The van der Waals surface area contributed by atoms with Crippen molar-refractivity contribution < 1.29 is 9.53 Å². The smallest absolute Gasteiger partial charge is 0.209 e. The van der Waals surface area contributed by atoms with Crippen molar-refractivity contribution in [2.75, 3.05) is 26.8 Å². The van der Waals surface area contributed by atoms with Gasteiger partial charge in [-0.05, 0) is 61.6 Å². The van der Waals surface area contributed by atoms with Crippen LogP contribution < -0.4 is 0 Å². The van der Waals surface area contributed by atoms with Gasteiger partial charge in [-0.1, -0.05) is 30.2 Å². The van der Waals surface area contributed by atoms with E-state index in [4.69, 9.17) is 16.3 Å². The van der Waals surface area contributed by atoms with Crippen LogP contribution >= 0.6 is 11.6 Å². The molecule has 0 aliphatic carbocycles. The van der Waals surface area contributed by atoms with E-state index in [2.05, 4.69) is 12.1 Å². The van der Waals surface area contributed by atoms with Crippen LogP contribution in [0.2, 0.25) is 5.02 Å². The number of unbranched alkanes of at least 4 members (excludes halogenated alkanes) is 1. The maximum absolute atomic E-state index is 11.1. The van der Waals surface area contributed by atoms with E-state index in [0.717, 1.165) is 50.4 Å². The van der Waals surface area contributed by atoms with Crippen molar-refractivity contribution in [2.45, 2.75) is 38.5 Å². The summed E-state index contributed by atoms with van der Waals surface area (Å²) in [4.78, 5) is 13.1. The number of methoxy groups -OCH3 is 1. The number of likely N-dealkylation sites (tertiary alicyclic amines) is 1. The minimum Gasteiger partial charge on any atom is -0.385 e. The van der Waals surface area contributed by atoms with Gasteiger partial charge in [0.25, 0.3) is 0 Å². The van der Waals surface area contributed by atoms with Crippen molar-refractivity contribution in [3.63, 3.8) is 0 Å². The maximum Gasteiger partial charge on any atom is 0.209 e. The summed E-state index contributed by atoms with van der Waals surface area (Å²) in [5.41, 5.74) is 1.30. The predicted molar refractivity (Wildman–Crippen MR) is 94.7 cm³/mol. The topological polar surface area (TPSA) is 29.5 Å². The molecule has 2 atom stereocenters. The van der Waals surface area contributed by atoms with E-state index in [1.807, 2.05) is 17.0 Å². The van der Waals surface area contributed by atoms with Crippen LogP contribution in [0.25, 0.3) is 0 Å². The quantitative estimate of drug-likeness (QED) is 0.499. The first-order valence-electron chi connectivity index (χ1n) is 8.65. The molecule has 2 unspecified atom stereocenters. The van der Waals surface area contributed by atoms with Crippen molar-refractivity contribution in [3.8, 4) is 0 Å². The van der Waals surface area contributed by atoms with Gasteiger partial charge >= 0.3 is 0 Å². The molecule has 128 valence electrons. The molecule has 0 radical (unpaired) electrons. The number of hydrogen-bond acceptors (Lipinski definition) is 2. The minimum atomic E-state index is 0.593. The number of carbonyl (C=O) groups is 1. The van der Waals surface area contributed by atoms with Crippen molar-refractivity contribution in [3.05, 3.63) is 34.9 Å². The molecular weight excluding hydrogens is 310 g/mol. The lowest BCUT2D eigenvalue weighted by atomic mass is 9.79. The van der Waals surface area contributed by atoms with Gasteiger partial charge < -0.3 is 9.64 Å². The Labute approximate surface area is 145 Å². The number of hydrogen-bond donors (Lipinski definition) is 0. The summed E-state index contributed by atoms with van der Waals surface area (Å²) in [6.45, 7) is 2.64. The summed E-state index contributed by atoms with van der Waals surface area (Å²) in [6.07, 6.45) is 7.86. The second kappa shape index (κ2) is 9.94. The molecule has 0 aromatic heterocycles. The first-order chi connectivity index (χ1) is 11.2. The average Bonchev–Trinajstić information content (AvgIpc) is 2.58. The Morgan fingerprint density at radius 2 is 2.30 bits per heavy atom. The number of carbonyl (C=O) groups excluding carboxylic acids is 1. The molecule has 1 aliphatic heterocycles. The van der Waals surface area contributed by atoms with Gasteiger partial charge in [-0.15, -0.1) is 0 Å². The molecule has 1 saturated heterocycles. The number of amides is 1. The monoisotopic (exact) mass is 337 g/mol. The van der Waals surface area contributed by atoms with Gasteiger partial charge in [0.2, 0.25) is 6.41 Å². The summed E-state index contributed by atoms with van der Waals surface area (Å²) < 4.78 is 5.17. The molecule has 2 rings (SSSR count). The Hall–Kier alpha value is -1.06. The van der Waals surface area contributed by atoms with Crippen LogP contribution in [0.1, 0.15) is 37.7 Å². The van der Waals surface area contributed by atoms with Crippen LogP contribution in [0.4, 0.5) is 0 Å². The van der Waals surface area contributed by atoms with E-state index in [9.17, 15) is 4.79 Å². The molecule has 23 heavy (non-hydrogen) atoms. The van der Waals surface area contributed by atoms with Crippen molar-refractivity contribution in [1.82, 2.24) is 4.90 Å². The van der Waals surface area contributed by atoms with E-state index in [1.54, 1.807) is 7.11 Å². The van der Waals surface area contributed by atoms with Crippen LogP contribution in [0.15, 0.2) is 24.3 Å². The highest BCUT2D eigenvalue weighted by Crippen LogP contribution is 2.30. The predicted octanol–water partition coefficient (Wildman–Crippen LogP) is 4.18. The second-order valence-corrected chi connectivity index (χ2v) is 7.02. The standard InChI is InChI=1S/C19H28ClNO2/c1-23-11-3-2-7-17(12-16-6-4-9-19(20)13-16)18-8-5-10-21(14-18)15-22/h4,6,9,13,15,17-18H,2-3,5,7-8,10-12,14H2,1H3. The normalized spacial score (nSPS) is 19.6. The van der Waals surface area contributed by atoms with Crippen LogP contribution in [-0.2, 0) is 16.0 Å². The van der Waals surface area contributed by atoms with Crippen molar-refractivity contribution in [1.29, 1.82) is 0 Å². The van der Waals surface area contributed by atoms with E-state index >= 15 is 0 Å². The first-order valence-corrected chi connectivity index (χ1v) is 9.03. The van der Waals surface area contributed by atoms with Crippen LogP contribution in [0, 0.1) is 11.8 Å². The largest absolute Gasteiger partial charge is 0.385 e. The summed E-state index contributed by atoms with van der Waals surface area (Å²) in [7, 11) is 1.76. The summed E-state index contributed by atoms with van der Waals surface area (Å²) in [5.74, 6) is 1.20. The molecule has 0 N–H and O–H groups in total. The van der Waals surface area contributed by atoms with Gasteiger partial charge in [0.15, 0.2) is 0 Å². The molecule has 0 spiro atoms. The lowest BCUT2D eigenvalue weighted by Gasteiger charge is -2.35.